The van der Waals surface area contributed by atoms with Crippen LogP contribution in [0.1, 0.15) is 23.0 Å². The molecule has 0 atom stereocenters. The highest BCUT2D eigenvalue weighted by Gasteiger charge is 2.16. The third-order valence-corrected chi connectivity index (χ3v) is 4.02. The van der Waals surface area contributed by atoms with Crippen molar-refractivity contribution in [2.75, 3.05) is 5.73 Å². The van der Waals surface area contributed by atoms with E-state index in [9.17, 15) is 9.90 Å². The van der Waals surface area contributed by atoms with Crippen LogP contribution >= 0.6 is 0 Å². The predicted molar refractivity (Wildman–Crippen MR) is 95.3 cm³/mol. The van der Waals surface area contributed by atoms with Crippen LogP contribution in [0.5, 0.6) is 5.75 Å². The molecular weight excluding hydrogens is 318 g/mol. The minimum absolute atomic E-state index is 0.0102. The number of hydrogen-bond donors (Lipinski definition) is 3. The van der Waals surface area contributed by atoms with Gasteiger partial charge in [-0.15, -0.1) is 0 Å². The van der Waals surface area contributed by atoms with Crippen molar-refractivity contribution in [2.45, 2.75) is 13.3 Å². The third kappa shape index (κ3) is 3.14. The molecule has 0 saturated heterocycles. The highest BCUT2D eigenvalue weighted by molar-refractivity contribution is 5.87. The first-order chi connectivity index (χ1) is 12.0. The zero-order chi connectivity index (χ0) is 18.0. The van der Waals surface area contributed by atoms with Gasteiger partial charge >= 0.3 is 5.97 Å². The van der Waals surface area contributed by atoms with Gasteiger partial charge in [0, 0.05) is 29.1 Å². The molecule has 3 rings (SSSR count). The molecular formula is C19H17N3O3. The lowest BCUT2D eigenvalue weighted by Crippen LogP contribution is -2.03. The Morgan fingerprint density at radius 3 is 2.28 bits per heavy atom. The molecule has 0 amide bonds. The van der Waals surface area contributed by atoms with Crippen molar-refractivity contribution in [1.29, 1.82) is 0 Å². The minimum atomic E-state index is -1.07. The number of phenols is 1. The molecule has 126 valence electrons. The number of aromatic nitrogens is 2. The van der Waals surface area contributed by atoms with E-state index in [1.54, 1.807) is 36.5 Å². The molecule has 0 radical (unpaired) electrons. The van der Waals surface area contributed by atoms with Gasteiger partial charge in [-0.2, -0.15) is 0 Å². The van der Waals surface area contributed by atoms with Gasteiger partial charge < -0.3 is 15.9 Å². The first kappa shape index (κ1) is 16.4. The van der Waals surface area contributed by atoms with Crippen LogP contribution in [-0.4, -0.2) is 26.2 Å². The fraction of sp³-hybridized carbons (Fsp3) is 0.105. The Bertz CT molecular complexity index is 920. The van der Waals surface area contributed by atoms with E-state index < -0.39 is 5.97 Å². The van der Waals surface area contributed by atoms with E-state index in [-0.39, 0.29) is 11.4 Å². The standard InChI is InChI=1S/C19H17N3O3/c1-2-14-15(12-5-8-16(19(24)25)21-9-12)10-22-18(20)17(14)11-3-6-13(23)7-4-11/h3-10,23H,2H2,1H3,(H2,20,22)(H,24,25). The number of carboxylic acid groups (broad SMARTS) is 1. The van der Waals surface area contributed by atoms with Gasteiger partial charge in [-0.05, 0) is 35.7 Å². The van der Waals surface area contributed by atoms with Gasteiger partial charge in [0.15, 0.2) is 0 Å². The van der Waals surface area contributed by atoms with Crippen molar-refractivity contribution in [1.82, 2.24) is 9.97 Å². The maximum Gasteiger partial charge on any atom is 0.354 e. The zero-order valence-electron chi connectivity index (χ0n) is 13.6. The molecule has 2 aromatic heterocycles. The van der Waals surface area contributed by atoms with Gasteiger partial charge in [0.2, 0.25) is 0 Å². The van der Waals surface area contributed by atoms with E-state index in [4.69, 9.17) is 10.8 Å². The second-order valence-corrected chi connectivity index (χ2v) is 5.55. The highest BCUT2D eigenvalue weighted by Crippen LogP contribution is 2.36. The van der Waals surface area contributed by atoms with Crippen LogP contribution in [0, 0.1) is 0 Å². The zero-order valence-corrected chi connectivity index (χ0v) is 13.6. The van der Waals surface area contributed by atoms with E-state index in [0.717, 1.165) is 27.8 Å². The second kappa shape index (κ2) is 6.60. The van der Waals surface area contributed by atoms with Crippen molar-refractivity contribution in [3.8, 4) is 28.0 Å². The number of benzene rings is 1. The number of pyridine rings is 2. The quantitative estimate of drug-likeness (QED) is 0.674. The van der Waals surface area contributed by atoms with Gasteiger partial charge in [-0.25, -0.2) is 14.8 Å². The van der Waals surface area contributed by atoms with Gasteiger partial charge in [-0.3, -0.25) is 0 Å². The van der Waals surface area contributed by atoms with Crippen LogP contribution in [0.2, 0.25) is 0 Å². The van der Waals surface area contributed by atoms with Crippen molar-refractivity contribution in [3.63, 3.8) is 0 Å². The SMILES string of the molecule is CCc1c(-c2ccc(C(=O)O)nc2)cnc(N)c1-c1ccc(O)cc1. The summed E-state index contributed by atoms with van der Waals surface area (Å²) in [6, 6.07) is 9.96. The second-order valence-electron chi connectivity index (χ2n) is 5.55. The first-order valence-corrected chi connectivity index (χ1v) is 7.77. The lowest BCUT2D eigenvalue weighted by Gasteiger charge is -2.16. The maximum absolute atomic E-state index is 11.0. The smallest absolute Gasteiger partial charge is 0.354 e. The number of hydrogen-bond acceptors (Lipinski definition) is 5. The number of phenolic OH excluding ortho intramolecular Hbond substituents is 1. The number of nitrogens with two attached hydrogens (primary N) is 1. The van der Waals surface area contributed by atoms with E-state index in [1.807, 2.05) is 6.92 Å². The van der Waals surface area contributed by atoms with E-state index in [0.29, 0.717) is 12.2 Å². The Kier molecular flexibility index (Phi) is 4.35. The number of carbonyl (C=O) groups is 1. The summed E-state index contributed by atoms with van der Waals surface area (Å²) in [7, 11) is 0. The molecule has 25 heavy (non-hydrogen) atoms. The molecule has 4 N–H and O–H groups in total. The summed E-state index contributed by atoms with van der Waals surface area (Å²) >= 11 is 0. The summed E-state index contributed by atoms with van der Waals surface area (Å²) in [6.07, 6.45) is 3.91. The summed E-state index contributed by atoms with van der Waals surface area (Å²) < 4.78 is 0. The molecule has 0 saturated carbocycles. The lowest BCUT2D eigenvalue weighted by atomic mass is 9.92. The molecule has 3 aromatic rings. The first-order valence-electron chi connectivity index (χ1n) is 7.77. The molecule has 0 fully saturated rings. The Labute approximate surface area is 144 Å². The fourth-order valence-electron chi connectivity index (χ4n) is 2.81. The van der Waals surface area contributed by atoms with Crippen LogP contribution in [-0.2, 0) is 6.42 Å². The van der Waals surface area contributed by atoms with Gasteiger partial charge in [0.25, 0.3) is 0 Å². The molecule has 2 heterocycles. The fourth-order valence-corrected chi connectivity index (χ4v) is 2.81. The number of nitrogen functional groups attached to an aromatic ring is 1. The molecule has 0 aliphatic rings. The van der Waals surface area contributed by atoms with Crippen molar-refractivity contribution < 1.29 is 15.0 Å². The van der Waals surface area contributed by atoms with Crippen LogP contribution in [0.15, 0.2) is 48.8 Å². The average molecular weight is 335 g/mol. The third-order valence-electron chi connectivity index (χ3n) is 4.02. The number of anilines is 1. The highest BCUT2D eigenvalue weighted by atomic mass is 16.4. The van der Waals surface area contributed by atoms with Gasteiger partial charge in [0.05, 0.1) is 0 Å². The molecule has 0 unspecified atom stereocenters. The van der Waals surface area contributed by atoms with Gasteiger partial charge in [0.1, 0.15) is 17.3 Å². The minimum Gasteiger partial charge on any atom is -0.508 e. The van der Waals surface area contributed by atoms with Crippen LogP contribution < -0.4 is 5.73 Å². The number of nitrogens with zero attached hydrogens (tertiary/aromatic N) is 2. The van der Waals surface area contributed by atoms with Gasteiger partial charge in [-0.1, -0.05) is 25.1 Å². The number of carboxylic acids is 1. The van der Waals surface area contributed by atoms with Crippen molar-refractivity contribution in [2.24, 2.45) is 0 Å². The van der Waals surface area contributed by atoms with Crippen LogP contribution in [0.3, 0.4) is 0 Å². The number of aromatic carboxylic acids is 1. The Morgan fingerprint density at radius 1 is 1.04 bits per heavy atom. The van der Waals surface area contributed by atoms with Crippen LogP contribution in [0.25, 0.3) is 22.3 Å². The van der Waals surface area contributed by atoms with E-state index in [2.05, 4.69) is 9.97 Å². The lowest BCUT2D eigenvalue weighted by molar-refractivity contribution is 0.0690. The summed E-state index contributed by atoms with van der Waals surface area (Å²) in [6.45, 7) is 2.02. The van der Waals surface area contributed by atoms with Crippen molar-refractivity contribution in [3.05, 3.63) is 60.0 Å². The van der Waals surface area contributed by atoms with Crippen LogP contribution in [0.4, 0.5) is 5.82 Å². The van der Waals surface area contributed by atoms with Crippen molar-refractivity contribution >= 4 is 11.8 Å². The molecule has 6 heteroatoms. The number of rotatable bonds is 4. The largest absolute Gasteiger partial charge is 0.508 e. The topological polar surface area (TPSA) is 109 Å². The summed E-state index contributed by atoms with van der Waals surface area (Å²) in [5.74, 6) is -0.484. The predicted octanol–water partition coefficient (Wildman–Crippen LogP) is 3.36. The Hall–Kier alpha value is -3.41. The molecule has 1 aromatic carbocycles. The maximum atomic E-state index is 11.0. The summed E-state index contributed by atoms with van der Waals surface area (Å²) in [4.78, 5) is 19.2. The average Bonchev–Trinajstić information content (AvgIpc) is 2.62. The molecule has 0 bridgehead atoms. The monoisotopic (exact) mass is 335 g/mol. The van der Waals surface area contributed by atoms with E-state index in [1.165, 1.54) is 12.3 Å². The molecule has 0 aliphatic heterocycles. The molecule has 0 spiro atoms. The summed E-state index contributed by atoms with van der Waals surface area (Å²) in [5.41, 5.74) is 10.4. The van der Waals surface area contributed by atoms with E-state index >= 15 is 0 Å². The normalized spacial score (nSPS) is 10.6. The Balaban J connectivity index is 2.16. The molecule has 6 nitrogen and oxygen atoms in total. The Morgan fingerprint density at radius 2 is 1.72 bits per heavy atom. The molecule has 0 aliphatic carbocycles. The number of aromatic hydroxyl groups is 1. The summed E-state index contributed by atoms with van der Waals surface area (Å²) in [5, 5.41) is 18.5.